The summed E-state index contributed by atoms with van der Waals surface area (Å²) in [6.07, 6.45) is 9.02. The van der Waals surface area contributed by atoms with E-state index in [1.807, 2.05) is 34.0 Å². The lowest BCUT2D eigenvalue weighted by Gasteiger charge is -2.32. The second-order valence-corrected chi connectivity index (χ2v) is 6.57. The van der Waals surface area contributed by atoms with Crippen molar-refractivity contribution in [2.45, 2.75) is 18.9 Å². The van der Waals surface area contributed by atoms with Crippen LogP contribution >= 0.6 is 11.3 Å². The number of thiazole rings is 1. The van der Waals surface area contributed by atoms with Crippen LogP contribution in [-0.4, -0.2) is 38.7 Å². The number of furan rings is 1. The molecule has 1 amide bonds. The molecule has 0 aliphatic carbocycles. The largest absolute Gasteiger partial charge is 0.462 e. The molecule has 0 aromatic carbocycles. The molecule has 7 heteroatoms. The molecule has 1 fully saturated rings. The summed E-state index contributed by atoms with van der Waals surface area (Å²) < 4.78 is 7.28. The van der Waals surface area contributed by atoms with E-state index in [0.29, 0.717) is 17.2 Å². The number of hydrogen-bond donors (Lipinski definition) is 0. The molecule has 118 valence electrons. The van der Waals surface area contributed by atoms with Gasteiger partial charge in [0, 0.05) is 25.5 Å². The molecule has 6 nitrogen and oxygen atoms in total. The van der Waals surface area contributed by atoms with Crippen molar-refractivity contribution < 1.29 is 9.21 Å². The quantitative estimate of drug-likeness (QED) is 0.741. The predicted molar refractivity (Wildman–Crippen MR) is 86.2 cm³/mol. The van der Waals surface area contributed by atoms with Crippen molar-refractivity contribution in [1.82, 2.24) is 19.7 Å². The monoisotopic (exact) mass is 328 g/mol. The Bertz CT molecular complexity index is 779. The Labute approximate surface area is 137 Å². The molecule has 1 atom stereocenters. The van der Waals surface area contributed by atoms with Crippen LogP contribution in [0.25, 0.3) is 10.8 Å². The third-order valence-corrected chi connectivity index (χ3v) is 5.03. The lowest BCUT2D eigenvalue weighted by Crippen LogP contribution is -2.40. The van der Waals surface area contributed by atoms with Crippen molar-refractivity contribution in [2.24, 2.45) is 0 Å². The van der Waals surface area contributed by atoms with Crippen LogP contribution in [0.15, 0.2) is 47.5 Å². The first kappa shape index (κ1) is 14.2. The van der Waals surface area contributed by atoms with Crippen LogP contribution in [0.4, 0.5) is 0 Å². The van der Waals surface area contributed by atoms with Gasteiger partial charge in [-0.15, -0.1) is 11.3 Å². The van der Waals surface area contributed by atoms with Crippen LogP contribution in [-0.2, 0) is 0 Å². The fourth-order valence-electron chi connectivity index (χ4n) is 2.89. The summed E-state index contributed by atoms with van der Waals surface area (Å²) in [6, 6.07) is 5.83. The maximum absolute atomic E-state index is 12.7. The molecular formula is C16H16N4O2S. The molecular weight excluding hydrogens is 312 g/mol. The van der Waals surface area contributed by atoms with Crippen molar-refractivity contribution in [2.75, 3.05) is 13.1 Å². The van der Waals surface area contributed by atoms with Gasteiger partial charge in [-0.25, -0.2) is 4.98 Å². The van der Waals surface area contributed by atoms with Gasteiger partial charge >= 0.3 is 0 Å². The Hall–Kier alpha value is -2.41. The fourth-order valence-corrected chi connectivity index (χ4v) is 3.75. The minimum Gasteiger partial charge on any atom is -0.462 e. The van der Waals surface area contributed by atoms with Gasteiger partial charge in [-0.3, -0.25) is 9.48 Å². The molecule has 1 aliphatic heterocycles. The van der Waals surface area contributed by atoms with E-state index in [1.54, 1.807) is 18.7 Å². The zero-order valence-corrected chi connectivity index (χ0v) is 13.3. The van der Waals surface area contributed by atoms with Crippen molar-refractivity contribution in [3.05, 3.63) is 47.9 Å². The zero-order chi connectivity index (χ0) is 15.6. The zero-order valence-electron chi connectivity index (χ0n) is 12.5. The average molecular weight is 328 g/mol. The highest BCUT2D eigenvalue weighted by atomic mass is 32.1. The number of aromatic nitrogens is 3. The molecule has 0 bridgehead atoms. The molecule has 0 unspecified atom stereocenters. The van der Waals surface area contributed by atoms with E-state index in [9.17, 15) is 4.79 Å². The number of amides is 1. The maximum Gasteiger partial charge on any atom is 0.265 e. The molecule has 4 heterocycles. The Balaban J connectivity index is 1.50. The van der Waals surface area contributed by atoms with Gasteiger partial charge in [-0.2, -0.15) is 5.10 Å². The molecule has 1 aliphatic rings. The maximum atomic E-state index is 12.7. The van der Waals surface area contributed by atoms with Gasteiger partial charge in [0.2, 0.25) is 0 Å². The third-order valence-electron chi connectivity index (χ3n) is 4.03. The van der Waals surface area contributed by atoms with Gasteiger partial charge in [0.15, 0.2) is 10.8 Å². The van der Waals surface area contributed by atoms with E-state index in [0.717, 1.165) is 24.4 Å². The second-order valence-electron chi connectivity index (χ2n) is 5.54. The summed E-state index contributed by atoms with van der Waals surface area (Å²) in [5, 5.41) is 5.04. The number of carbonyl (C=O) groups excluding carboxylic acids is 1. The Morgan fingerprint density at radius 1 is 1.39 bits per heavy atom. The molecule has 4 rings (SSSR count). The van der Waals surface area contributed by atoms with Gasteiger partial charge in [0.25, 0.3) is 5.91 Å². The summed E-state index contributed by atoms with van der Waals surface area (Å²) >= 11 is 1.37. The highest BCUT2D eigenvalue weighted by Gasteiger charge is 2.27. The number of likely N-dealkylation sites (tertiary alicyclic amines) is 1. The molecule has 0 radical (unpaired) electrons. The number of rotatable bonds is 3. The fraction of sp³-hybridized carbons (Fsp3) is 0.312. The summed E-state index contributed by atoms with van der Waals surface area (Å²) in [4.78, 5) is 19.6. The normalized spacial score (nSPS) is 18.3. The smallest absolute Gasteiger partial charge is 0.265 e. The van der Waals surface area contributed by atoms with E-state index in [4.69, 9.17) is 4.42 Å². The van der Waals surface area contributed by atoms with Crippen molar-refractivity contribution in [3.8, 4) is 10.8 Å². The van der Waals surface area contributed by atoms with Crippen LogP contribution in [0.5, 0.6) is 0 Å². The average Bonchev–Trinajstić information content (AvgIpc) is 3.36. The SMILES string of the molecule is O=C(c1cnc(-c2ccco2)s1)N1CCC[C@H](n2cccn2)C1. The molecule has 3 aromatic heterocycles. The standard InChI is InChI=1S/C16H16N4O2S/c21-16(14-10-17-15(23-14)13-5-2-9-22-13)19-7-1-4-12(11-19)20-8-3-6-18-20/h2-3,5-6,8-10,12H,1,4,7,11H2/t12-/m0/s1. The minimum absolute atomic E-state index is 0.0390. The van der Waals surface area contributed by atoms with Crippen LogP contribution in [0.1, 0.15) is 28.6 Å². The Kier molecular flexibility index (Phi) is 3.70. The molecule has 3 aromatic rings. The van der Waals surface area contributed by atoms with Crippen LogP contribution < -0.4 is 0 Å². The van der Waals surface area contributed by atoms with E-state index >= 15 is 0 Å². The number of carbonyl (C=O) groups is 1. The van der Waals surface area contributed by atoms with E-state index in [2.05, 4.69) is 10.1 Å². The van der Waals surface area contributed by atoms with Crippen molar-refractivity contribution >= 4 is 17.2 Å². The highest BCUT2D eigenvalue weighted by Crippen LogP contribution is 2.28. The number of nitrogens with zero attached hydrogens (tertiary/aromatic N) is 4. The summed E-state index contributed by atoms with van der Waals surface area (Å²) in [5.74, 6) is 0.735. The lowest BCUT2D eigenvalue weighted by molar-refractivity contribution is 0.0677. The Morgan fingerprint density at radius 2 is 2.35 bits per heavy atom. The molecule has 0 spiro atoms. The summed E-state index contributed by atoms with van der Waals surface area (Å²) in [5.41, 5.74) is 0. The van der Waals surface area contributed by atoms with Crippen LogP contribution in [0, 0.1) is 0 Å². The third kappa shape index (κ3) is 2.79. The van der Waals surface area contributed by atoms with E-state index < -0.39 is 0 Å². The van der Waals surface area contributed by atoms with Crippen molar-refractivity contribution in [1.29, 1.82) is 0 Å². The molecule has 0 saturated carbocycles. The van der Waals surface area contributed by atoms with Crippen LogP contribution in [0.2, 0.25) is 0 Å². The van der Waals surface area contributed by atoms with Gasteiger partial charge in [-0.1, -0.05) is 0 Å². The topological polar surface area (TPSA) is 64.2 Å². The molecule has 1 saturated heterocycles. The molecule has 23 heavy (non-hydrogen) atoms. The number of piperidine rings is 1. The first-order valence-corrected chi connectivity index (χ1v) is 8.41. The van der Waals surface area contributed by atoms with Gasteiger partial charge in [0.1, 0.15) is 4.88 Å². The summed E-state index contributed by atoms with van der Waals surface area (Å²) in [6.45, 7) is 1.47. The Morgan fingerprint density at radius 3 is 3.13 bits per heavy atom. The lowest BCUT2D eigenvalue weighted by atomic mass is 10.1. The highest BCUT2D eigenvalue weighted by molar-refractivity contribution is 7.16. The van der Waals surface area contributed by atoms with Gasteiger partial charge in [0.05, 0.1) is 18.5 Å². The van der Waals surface area contributed by atoms with E-state index in [1.165, 1.54) is 11.3 Å². The van der Waals surface area contributed by atoms with Gasteiger partial charge in [-0.05, 0) is 31.0 Å². The molecule has 0 N–H and O–H groups in total. The van der Waals surface area contributed by atoms with Gasteiger partial charge < -0.3 is 9.32 Å². The van der Waals surface area contributed by atoms with E-state index in [-0.39, 0.29) is 11.9 Å². The van der Waals surface area contributed by atoms with Crippen LogP contribution in [0.3, 0.4) is 0 Å². The minimum atomic E-state index is 0.0390. The number of hydrogen-bond acceptors (Lipinski definition) is 5. The first-order valence-electron chi connectivity index (χ1n) is 7.59. The summed E-state index contributed by atoms with van der Waals surface area (Å²) in [7, 11) is 0. The predicted octanol–water partition coefficient (Wildman–Crippen LogP) is 3.08. The second kappa shape index (κ2) is 6.00. The first-order chi connectivity index (χ1) is 11.3. The van der Waals surface area contributed by atoms with Crippen molar-refractivity contribution in [3.63, 3.8) is 0 Å².